The average Bonchev–Trinajstić information content (AvgIpc) is 2.92. The minimum Gasteiger partial charge on any atom is -0.459 e. The largest absolute Gasteiger partial charge is 0.459 e. The van der Waals surface area contributed by atoms with Gasteiger partial charge in [0.1, 0.15) is 18.3 Å². The number of ketones is 1. The van der Waals surface area contributed by atoms with Crippen LogP contribution in [0.25, 0.3) is 0 Å². The standard InChI is InChI=1S/C22H31NO4/c1-21-9-7-16-14(15(21)5-6-19(21)25)4-3-13-11-17(24)18(12-22(13,16)2)27-20(26)8-10-23/h13-18,24H,3-9,11-12H2,1-2H3/t13-,14-,15-,16-,17-,18-,21-,22-/m0/s1. The molecular weight excluding hydrogens is 342 g/mol. The molecule has 0 bridgehead atoms. The van der Waals surface area contributed by atoms with Gasteiger partial charge in [-0.05, 0) is 74.0 Å². The van der Waals surface area contributed by atoms with Crippen LogP contribution in [0.5, 0.6) is 0 Å². The summed E-state index contributed by atoms with van der Waals surface area (Å²) in [5.41, 5.74) is -0.0933. The van der Waals surface area contributed by atoms with Crippen molar-refractivity contribution in [3.05, 3.63) is 0 Å². The van der Waals surface area contributed by atoms with Crippen molar-refractivity contribution in [2.45, 2.75) is 83.8 Å². The Balaban J connectivity index is 1.56. The summed E-state index contributed by atoms with van der Waals surface area (Å²) in [6.45, 7) is 4.51. The molecule has 5 heteroatoms. The lowest BCUT2D eigenvalue weighted by Crippen LogP contribution is -2.57. The van der Waals surface area contributed by atoms with E-state index in [2.05, 4.69) is 13.8 Å². The van der Waals surface area contributed by atoms with Gasteiger partial charge in [0, 0.05) is 11.8 Å². The lowest BCUT2D eigenvalue weighted by molar-refractivity contribution is -0.183. The number of carbonyl (C=O) groups is 2. The molecule has 0 unspecified atom stereocenters. The Bertz CT molecular complexity index is 684. The molecule has 4 rings (SSSR count). The van der Waals surface area contributed by atoms with Crippen molar-refractivity contribution in [1.29, 1.82) is 5.26 Å². The first-order chi connectivity index (χ1) is 12.8. The fourth-order valence-electron chi connectivity index (χ4n) is 7.42. The molecular formula is C22H31NO4. The van der Waals surface area contributed by atoms with Gasteiger partial charge < -0.3 is 9.84 Å². The maximum absolute atomic E-state index is 12.5. The van der Waals surface area contributed by atoms with Crippen LogP contribution >= 0.6 is 0 Å². The molecule has 5 nitrogen and oxygen atoms in total. The number of aliphatic hydroxyl groups excluding tert-OH is 1. The van der Waals surface area contributed by atoms with Gasteiger partial charge in [-0.2, -0.15) is 5.26 Å². The number of esters is 1. The molecule has 1 N–H and O–H groups in total. The van der Waals surface area contributed by atoms with Gasteiger partial charge in [-0.3, -0.25) is 9.59 Å². The summed E-state index contributed by atoms with van der Waals surface area (Å²) in [7, 11) is 0. The minimum atomic E-state index is -0.635. The van der Waals surface area contributed by atoms with E-state index in [1.165, 1.54) is 0 Å². The summed E-state index contributed by atoms with van der Waals surface area (Å²) in [4.78, 5) is 24.4. The Morgan fingerprint density at radius 2 is 2.04 bits per heavy atom. The van der Waals surface area contributed by atoms with E-state index in [0.29, 0.717) is 42.3 Å². The van der Waals surface area contributed by atoms with Crippen molar-refractivity contribution in [3.63, 3.8) is 0 Å². The molecule has 0 aliphatic heterocycles. The van der Waals surface area contributed by atoms with Crippen LogP contribution < -0.4 is 0 Å². The van der Waals surface area contributed by atoms with E-state index in [-0.39, 0.29) is 17.3 Å². The number of aliphatic hydroxyl groups is 1. The number of fused-ring (bicyclic) bond motifs is 5. The van der Waals surface area contributed by atoms with Gasteiger partial charge in [0.2, 0.25) is 0 Å². The van der Waals surface area contributed by atoms with Gasteiger partial charge in [0.15, 0.2) is 0 Å². The van der Waals surface area contributed by atoms with Crippen LogP contribution in [0, 0.1) is 45.8 Å². The van der Waals surface area contributed by atoms with Crippen molar-refractivity contribution < 1.29 is 19.4 Å². The molecule has 0 aromatic heterocycles. The zero-order valence-corrected chi connectivity index (χ0v) is 16.4. The van der Waals surface area contributed by atoms with Gasteiger partial charge in [-0.25, -0.2) is 0 Å². The van der Waals surface area contributed by atoms with Gasteiger partial charge in [-0.15, -0.1) is 0 Å². The third-order valence-electron chi connectivity index (χ3n) is 8.88. The van der Waals surface area contributed by atoms with E-state index in [1.54, 1.807) is 0 Å². The molecule has 0 radical (unpaired) electrons. The summed E-state index contributed by atoms with van der Waals surface area (Å²) >= 11 is 0. The second kappa shape index (κ2) is 6.58. The molecule has 0 amide bonds. The smallest absolute Gasteiger partial charge is 0.320 e. The number of rotatable bonds is 2. The fraction of sp³-hybridized carbons (Fsp3) is 0.864. The number of ether oxygens (including phenoxy) is 1. The van der Waals surface area contributed by atoms with Crippen molar-refractivity contribution in [3.8, 4) is 6.07 Å². The zero-order valence-electron chi connectivity index (χ0n) is 16.4. The first-order valence-electron chi connectivity index (χ1n) is 10.6. The quantitative estimate of drug-likeness (QED) is 0.750. The minimum absolute atomic E-state index is 0.0344. The average molecular weight is 373 g/mol. The Kier molecular flexibility index (Phi) is 4.62. The maximum Gasteiger partial charge on any atom is 0.320 e. The van der Waals surface area contributed by atoms with Gasteiger partial charge >= 0.3 is 5.97 Å². The van der Waals surface area contributed by atoms with Crippen LogP contribution in [0.2, 0.25) is 0 Å². The maximum atomic E-state index is 12.5. The Hall–Kier alpha value is -1.41. The fourth-order valence-corrected chi connectivity index (χ4v) is 7.42. The van der Waals surface area contributed by atoms with Crippen LogP contribution in [0.15, 0.2) is 0 Å². The van der Waals surface area contributed by atoms with Gasteiger partial charge in [0.25, 0.3) is 0 Å². The molecule has 4 aliphatic carbocycles. The third kappa shape index (κ3) is 2.83. The topological polar surface area (TPSA) is 87.4 Å². The molecule has 8 atom stereocenters. The van der Waals surface area contributed by atoms with Crippen LogP contribution in [0.1, 0.15) is 71.6 Å². The summed E-state index contributed by atoms with van der Waals surface area (Å²) < 4.78 is 5.50. The predicted octanol–water partition coefficient (Wildman–Crippen LogP) is 3.39. The number of nitrogens with zero attached hydrogens (tertiary/aromatic N) is 1. The van der Waals surface area contributed by atoms with Gasteiger partial charge in [0.05, 0.1) is 12.2 Å². The van der Waals surface area contributed by atoms with Crippen LogP contribution in [-0.4, -0.2) is 29.1 Å². The molecule has 0 aromatic rings. The predicted molar refractivity (Wildman–Crippen MR) is 98.2 cm³/mol. The van der Waals surface area contributed by atoms with Crippen molar-refractivity contribution in [2.24, 2.45) is 34.5 Å². The summed E-state index contributed by atoms with van der Waals surface area (Å²) in [5.74, 6) is 1.97. The van der Waals surface area contributed by atoms with E-state index >= 15 is 0 Å². The number of hydrogen-bond donors (Lipinski definition) is 1. The molecule has 27 heavy (non-hydrogen) atoms. The number of nitriles is 1. The molecule has 4 fully saturated rings. The highest BCUT2D eigenvalue weighted by molar-refractivity contribution is 5.87. The zero-order chi connectivity index (χ0) is 19.4. The Morgan fingerprint density at radius 3 is 2.78 bits per heavy atom. The van der Waals surface area contributed by atoms with Crippen molar-refractivity contribution >= 4 is 11.8 Å². The van der Waals surface area contributed by atoms with E-state index < -0.39 is 18.2 Å². The van der Waals surface area contributed by atoms with Crippen molar-refractivity contribution in [1.82, 2.24) is 0 Å². The Labute approximate surface area is 161 Å². The third-order valence-corrected chi connectivity index (χ3v) is 8.88. The molecule has 4 aliphatic rings. The lowest BCUT2D eigenvalue weighted by Gasteiger charge is -2.60. The molecule has 148 valence electrons. The SMILES string of the molecule is C[C@]12C[C@H](OC(=O)CC#N)[C@@H](O)C[C@@H]1CC[C@@H]1[C@@H]2CC[C@]2(C)C(=O)CC[C@@H]12. The number of carbonyl (C=O) groups excluding carboxylic acids is 2. The van der Waals surface area contributed by atoms with Crippen LogP contribution in [-0.2, 0) is 14.3 Å². The van der Waals surface area contributed by atoms with Crippen LogP contribution in [0.3, 0.4) is 0 Å². The molecule has 0 heterocycles. The number of Topliss-reactive ketones (excluding diaryl/α,β-unsaturated/α-hetero) is 1. The van der Waals surface area contributed by atoms with Crippen molar-refractivity contribution in [2.75, 3.05) is 0 Å². The molecule has 0 saturated heterocycles. The molecule has 0 aromatic carbocycles. The second-order valence-corrected chi connectivity index (χ2v) is 9.95. The van der Waals surface area contributed by atoms with Crippen LogP contribution in [0.4, 0.5) is 0 Å². The van der Waals surface area contributed by atoms with E-state index in [9.17, 15) is 14.7 Å². The van der Waals surface area contributed by atoms with E-state index in [0.717, 1.165) is 38.5 Å². The lowest BCUT2D eigenvalue weighted by atomic mass is 9.45. The Morgan fingerprint density at radius 1 is 1.26 bits per heavy atom. The molecule has 4 saturated carbocycles. The van der Waals surface area contributed by atoms with Gasteiger partial charge in [-0.1, -0.05) is 13.8 Å². The normalized spacial score (nSPS) is 48.7. The highest BCUT2D eigenvalue weighted by atomic mass is 16.6. The van der Waals surface area contributed by atoms with E-state index in [1.807, 2.05) is 6.07 Å². The first-order valence-corrected chi connectivity index (χ1v) is 10.6. The highest BCUT2D eigenvalue weighted by Crippen LogP contribution is 2.65. The highest BCUT2D eigenvalue weighted by Gasteiger charge is 2.61. The summed E-state index contributed by atoms with van der Waals surface area (Å²) in [6, 6.07) is 1.83. The second-order valence-electron chi connectivity index (χ2n) is 9.95. The summed E-state index contributed by atoms with van der Waals surface area (Å²) in [6.07, 6.45) is 5.98. The first kappa shape index (κ1) is 18.9. The number of hydrogen-bond acceptors (Lipinski definition) is 5. The summed E-state index contributed by atoms with van der Waals surface area (Å²) in [5, 5.41) is 19.3. The monoisotopic (exact) mass is 373 g/mol. The van der Waals surface area contributed by atoms with E-state index in [4.69, 9.17) is 10.00 Å². The molecule has 0 spiro atoms.